The lowest BCUT2D eigenvalue weighted by Gasteiger charge is -2.30. The Bertz CT molecular complexity index is 413. The van der Waals surface area contributed by atoms with Crippen molar-refractivity contribution in [3.8, 4) is 0 Å². The van der Waals surface area contributed by atoms with Crippen LogP contribution in [0.25, 0.3) is 0 Å². The summed E-state index contributed by atoms with van der Waals surface area (Å²) in [4.78, 5) is 12.3. The molecule has 0 bridgehead atoms. The Hall–Kier alpha value is -0.850. The number of aliphatic hydroxyl groups is 1. The number of nitrogens with two attached hydrogens (primary N) is 1. The Labute approximate surface area is 128 Å². The minimum atomic E-state index is -1.50. The molecule has 4 N–H and O–H groups in total. The van der Waals surface area contributed by atoms with Crippen LogP contribution in [0.5, 0.6) is 0 Å². The molecule has 0 aliphatic heterocycles. The smallest absolute Gasteiger partial charge is 0.261 e. The molecular weight excluding hydrogens is 301 g/mol. The summed E-state index contributed by atoms with van der Waals surface area (Å²) in [6.45, 7) is 0.380. The summed E-state index contributed by atoms with van der Waals surface area (Å²) in [6, 6.07) is 8.73. The Balaban J connectivity index is 2.85. The molecule has 0 saturated carbocycles. The number of hydrazine groups is 1. The molecule has 5 nitrogen and oxygen atoms in total. The van der Waals surface area contributed by atoms with Gasteiger partial charge in [0, 0.05) is 24.8 Å². The molecule has 0 spiro atoms. The van der Waals surface area contributed by atoms with E-state index < -0.39 is 18.1 Å². The van der Waals surface area contributed by atoms with Crippen LogP contribution in [0.15, 0.2) is 30.3 Å². The third-order valence-electron chi connectivity index (χ3n) is 2.91. The number of nitrogens with zero attached hydrogens (tertiary/aromatic N) is 1. The van der Waals surface area contributed by atoms with Gasteiger partial charge in [-0.2, -0.15) is 0 Å². The summed E-state index contributed by atoms with van der Waals surface area (Å²) < 4.78 is 0. The molecule has 1 aromatic carbocycles. The molecule has 0 saturated heterocycles. The number of halogens is 2. The van der Waals surface area contributed by atoms with Crippen LogP contribution >= 0.6 is 23.2 Å². The van der Waals surface area contributed by atoms with Crippen molar-refractivity contribution in [1.82, 2.24) is 10.4 Å². The fourth-order valence-corrected chi connectivity index (χ4v) is 2.11. The number of amides is 1. The van der Waals surface area contributed by atoms with Crippen molar-refractivity contribution in [3.05, 3.63) is 35.9 Å². The molecule has 0 fully saturated rings. The zero-order valence-electron chi connectivity index (χ0n) is 11.1. The van der Waals surface area contributed by atoms with Gasteiger partial charge in [0.2, 0.25) is 0 Å². The van der Waals surface area contributed by atoms with Gasteiger partial charge in [-0.1, -0.05) is 30.3 Å². The van der Waals surface area contributed by atoms with Crippen LogP contribution < -0.4 is 11.2 Å². The van der Waals surface area contributed by atoms with E-state index in [4.69, 9.17) is 28.9 Å². The molecule has 1 aromatic rings. The summed E-state index contributed by atoms with van der Waals surface area (Å²) in [6.07, 6.45) is 0. The SMILES string of the molecule is NC(CO)(C(=O)NN(CCCl)CCCl)c1ccccc1. The van der Waals surface area contributed by atoms with Crippen LogP contribution in [0.1, 0.15) is 5.56 Å². The second-order valence-corrected chi connectivity index (χ2v) is 5.06. The van der Waals surface area contributed by atoms with E-state index in [1.54, 1.807) is 29.3 Å². The lowest BCUT2D eigenvalue weighted by atomic mass is 9.91. The maximum absolute atomic E-state index is 12.3. The van der Waals surface area contributed by atoms with E-state index in [1.165, 1.54) is 0 Å². The molecule has 7 heteroatoms. The number of carbonyl (C=O) groups is 1. The normalized spacial score (nSPS) is 14.1. The molecule has 0 aliphatic rings. The molecule has 1 unspecified atom stereocenters. The largest absolute Gasteiger partial charge is 0.394 e. The quantitative estimate of drug-likeness (QED) is 0.485. The second-order valence-electron chi connectivity index (χ2n) is 4.30. The Morgan fingerprint density at radius 1 is 1.25 bits per heavy atom. The summed E-state index contributed by atoms with van der Waals surface area (Å²) in [7, 11) is 0. The third kappa shape index (κ3) is 4.33. The van der Waals surface area contributed by atoms with Crippen LogP contribution in [-0.2, 0) is 10.3 Å². The Morgan fingerprint density at radius 2 is 1.80 bits per heavy atom. The number of aliphatic hydroxyl groups excluding tert-OH is 1. The first-order valence-electron chi connectivity index (χ1n) is 6.21. The van der Waals surface area contributed by atoms with Crippen molar-refractivity contribution in [2.45, 2.75) is 5.54 Å². The fourth-order valence-electron chi connectivity index (χ4n) is 1.70. The average Bonchev–Trinajstić information content (AvgIpc) is 2.47. The molecule has 1 amide bonds. The molecule has 112 valence electrons. The topological polar surface area (TPSA) is 78.6 Å². The highest BCUT2D eigenvalue weighted by atomic mass is 35.5. The van der Waals surface area contributed by atoms with E-state index in [9.17, 15) is 9.90 Å². The molecular formula is C13H19Cl2N3O2. The highest BCUT2D eigenvalue weighted by molar-refractivity contribution is 6.18. The van der Waals surface area contributed by atoms with Crippen LogP contribution in [0.3, 0.4) is 0 Å². The average molecular weight is 320 g/mol. The van der Waals surface area contributed by atoms with Gasteiger partial charge < -0.3 is 10.8 Å². The number of nitrogens with one attached hydrogen (secondary N) is 1. The number of benzene rings is 1. The number of carbonyl (C=O) groups excluding carboxylic acids is 1. The maximum atomic E-state index is 12.3. The van der Waals surface area contributed by atoms with Gasteiger partial charge in [0.05, 0.1) is 6.61 Å². The standard InChI is InChI=1S/C13H19Cl2N3O2/c14-6-8-18(9-7-15)17-12(20)13(16,10-19)11-4-2-1-3-5-11/h1-5,19H,6-10,16H2,(H,17,20). The van der Waals surface area contributed by atoms with E-state index >= 15 is 0 Å². The van der Waals surface area contributed by atoms with Crippen molar-refractivity contribution < 1.29 is 9.90 Å². The van der Waals surface area contributed by atoms with Gasteiger partial charge in [0.15, 0.2) is 0 Å². The zero-order valence-corrected chi connectivity index (χ0v) is 12.6. The second kappa shape index (κ2) is 8.44. The van der Waals surface area contributed by atoms with Gasteiger partial charge >= 0.3 is 0 Å². The van der Waals surface area contributed by atoms with E-state index in [0.29, 0.717) is 30.4 Å². The summed E-state index contributed by atoms with van der Waals surface area (Å²) in [5.74, 6) is 0.194. The maximum Gasteiger partial charge on any atom is 0.261 e. The summed E-state index contributed by atoms with van der Waals surface area (Å²) >= 11 is 11.3. The zero-order chi connectivity index (χ0) is 15.0. The molecule has 0 aliphatic carbocycles. The summed E-state index contributed by atoms with van der Waals surface area (Å²) in [5.41, 5.74) is 7.73. The number of hydrogen-bond donors (Lipinski definition) is 3. The molecule has 0 radical (unpaired) electrons. The van der Waals surface area contributed by atoms with Gasteiger partial charge in [-0.05, 0) is 5.56 Å². The minimum absolute atomic E-state index is 0.346. The molecule has 0 aromatic heterocycles. The van der Waals surface area contributed by atoms with Crippen LogP contribution in [0.4, 0.5) is 0 Å². The van der Waals surface area contributed by atoms with E-state index in [-0.39, 0.29) is 0 Å². The van der Waals surface area contributed by atoms with Crippen molar-refractivity contribution in [3.63, 3.8) is 0 Å². The highest BCUT2D eigenvalue weighted by Crippen LogP contribution is 2.17. The first-order valence-corrected chi connectivity index (χ1v) is 7.28. The van der Waals surface area contributed by atoms with Gasteiger partial charge in [0.25, 0.3) is 5.91 Å². The van der Waals surface area contributed by atoms with Crippen LogP contribution in [0, 0.1) is 0 Å². The molecule has 1 atom stereocenters. The lowest BCUT2D eigenvalue weighted by molar-refractivity contribution is -0.133. The number of rotatable bonds is 8. The van der Waals surface area contributed by atoms with Gasteiger partial charge in [0.1, 0.15) is 5.54 Å². The van der Waals surface area contributed by atoms with E-state index in [2.05, 4.69) is 5.43 Å². The predicted octanol–water partition coefficient (Wildman–Crippen LogP) is 0.644. The highest BCUT2D eigenvalue weighted by Gasteiger charge is 2.36. The van der Waals surface area contributed by atoms with Crippen molar-refractivity contribution in [2.75, 3.05) is 31.5 Å². The van der Waals surface area contributed by atoms with Crippen LogP contribution in [0.2, 0.25) is 0 Å². The Kier molecular flexibility index (Phi) is 7.26. The van der Waals surface area contributed by atoms with Crippen molar-refractivity contribution in [1.29, 1.82) is 0 Å². The summed E-state index contributed by atoms with van der Waals surface area (Å²) in [5, 5.41) is 11.1. The van der Waals surface area contributed by atoms with Crippen molar-refractivity contribution >= 4 is 29.1 Å². The van der Waals surface area contributed by atoms with Crippen LogP contribution in [-0.4, -0.2) is 47.5 Å². The Morgan fingerprint density at radius 3 is 2.25 bits per heavy atom. The first kappa shape index (κ1) is 17.2. The van der Waals surface area contributed by atoms with Gasteiger partial charge in [-0.15, -0.1) is 23.2 Å². The van der Waals surface area contributed by atoms with E-state index in [1.807, 2.05) is 6.07 Å². The lowest BCUT2D eigenvalue weighted by Crippen LogP contribution is -2.58. The van der Waals surface area contributed by atoms with E-state index in [0.717, 1.165) is 0 Å². The fraction of sp³-hybridized carbons (Fsp3) is 0.462. The van der Waals surface area contributed by atoms with Gasteiger partial charge in [-0.25, -0.2) is 5.01 Å². The minimum Gasteiger partial charge on any atom is -0.394 e. The number of hydrogen-bond acceptors (Lipinski definition) is 4. The van der Waals surface area contributed by atoms with Crippen molar-refractivity contribution in [2.24, 2.45) is 5.73 Å². The van der Waals surface area contributed by atoms with Gasteiger partial charge in [-0.3, -0.25) is 10.2 Å². The number of alkyl halides is 2. The molecule has 0 heterocycles. The first-order chi connectivity index (χ1) is 9.58. The third-order valence-corrected chi connectivity index (χ3v) is 3.25. The predicted molar refractivity (Wildman–Crippen MR) is 80.5 cm³/mol. The molecule has 1 rings (SSSR count). The molecule has 20 heavy (non-hydrogen) atoms. The monoisotopic (exact) mass is 319 g/mol.